The zero-order valence-corrected chi connectivity index (χ0v) is 18.9. The van der Waals surface area contributed by atoms with Gasteiger partial charge in [0, 0.05) is 32.4 Å². The Labute approximate surface area is 196 Å². The first kappa shape index (κ1) is 21.1. The molecular formula is C24H16ClN3O4S. The summed E-state index contributed by atoms with van der Waals surface area (Å²) in [6.45, 7) is -0.344. The van der Waals surface area contributed by atoms with E-state index in [1.807, 2.05) is 42.5 Å². The molecule has 164 valence electrons. The van der Waals surface area contributed by atoms with E-state index in [1.54, 1.807) is 18.3 Å². The number of fused-ring (bicyclic) bond motifs is 2. The van der Waals surface area contributed by atoms with E-state index in [0.717, 1.165) is 15.5 Å². The van der Waals surface area contributed by atoms with Gasteiger partial charge in [0.05, 0.1) is 24.5 Å². The van der Waals surface area contributed by atoms with E-state index in [0.29, 0.717) is 31.2 Å². The van der Waals surface area contributed by atoms with Gasteiger partial charge in [-0.3, -0.25) is 19.1 Å². The molecule has 33 heavy (non-hydrogen) atoms. The number of hydrogen-bond donors (Lipinski definition) is 0. The van der Waals surface area contributed by atoms with Crippen molar-refractivity contribution in [2.45, 2.75) is 6.54 Å². The van der Waals surface area contributed by atoms with Crippen LogP contribution in [0.4, 0.5) is 0 Å². The minimum Gasteiger partial charge on any atom is -0.468 e. The van der Waals surface area contributed by atoms with Crippen LogP contribution in [0.25, 0.3) is 37.1 Å². The van der Waals surface area contributed by atoms with E-state index in [9.17, 15) is 14.4 Å². The van der Waals surface area contributed by atoms with E-state index >= 15 is 0 Å². The molecule has 0 bridgehead atoms. The van der Waals surface area contributed by atoms with Gasteiger partial charge in [0.1, 0.15) is 11.2 Å². The van der Waals surface area contributed by atoms with Crippen LogP contribution in [0, 0.1) is 0 Å². The predicted molar refractivity (Wildman–Crippen MR) is 129 cm³/mol. The van der Waals surface area contributed by atoms with Crippen LogP contribution >= 0.6 is 22.9 Å². The number of hydrogen-bond acceptors (Lipinski definition) is 6. The quantitative estimate of drug-likeness (QED) is 0.361. The molecule has 3 heterocycles. The summed E-state index contributed by atoms with van der Waals surface area (Å²) < 4.78 is 7.43. The Balaban J connectivity index is 1.88. The molecule has 0 unspecified atom stereocenters. The predicted octanol–water partition coefficient (Wildman–Crippen LogP) is 4.26. The molecule has 0 aliphatic rings. The molecule has 9 heteroatoms. The highest BCUT2D eigenvalue weighted by Gasteiger charge is 2.21. The summed E-state index contributed by atoms with van der Waals surface area (Å²) in [4.78, 5) is 44.3. The Bertz CT molecular complexity index is 1660. The molecule has 0 N–H and O–H groups in total. The lowest BCUT2D eigenvalue weighted by atomic mass is 10.1. The number of halogens is 1. The average molecular weight is 478 g/mol. The van der Waals surface area contributed by atoms with Gasteiger partial charge in [0.25, 0.3) is 5.56 Å². The van der Waals surface area contributed by atoms with Crippen molar-refractivity contribution in [3.8, 4) is 16.1 Å². The van der Waals surface area contributed by atoms with E-state index in [1.165, 1.54) is 29.2 Å². The van der Waals surface area contributed by atoms with Crippen LogP contribution in [0.5, 0.6) is 0 Å². The highest BCUT2D eigenvalue weighted by molar-refractivity contribution is 7.22. The van der Waals surface area contributed by atoms with Gasteiger partial charge in [0.2, 0.25) is 0 Å². The standard InChI is InChI=1S/C24H16ClN3O4S/c1-32-21(29)13-27-18-10-20(16-8-4-5-9-17(16)25)33-22(18)23(30)28(24(27)31)19-12-26-11-14-6-2-3-7-15(14)19/h2-12H,13H2,1H3. The Morgan fingerprint density at radius 2 is 1.85 bits per heavy atom. The summed E-state index contributed by atoms with van der Waals surface area (Å²) in [7, 11) is 1.25. The monoisotopic (exact) mass is 477 g/mol. The van der Waals surface area contributed by atoms with Gasteiger partial charge in [0.15, 0.2) is 0 Å². The number of carbonyl (C=O) groups is 1. The lowest BCUT2D eigenvalue weighted by Gasteiger charge is -2.12. The third-order valence-electron chi connectivity index (χ3n) is 5.37. The van der Waals surface area contributed by atoms with Crippen molar-refractivity contribution in [1.82, 2.24) is 14.1 Å². The highest BCUT2D eigenvalue weighted by Crippen LogP contribution is 2.35. The van der Waals surface area contributed by atoms with Crippen molar-refractivity contribution < 1.29 is 9.53 Å². The van der Waals surface area contributed by atoms with Gasteiger partial charge >= 0.3 is 11.7 Å². The lowest BCUT2D eigenvalue weighted by molar-refractivity contribution is -0.141. The van der Waals surface area contributed by atoms with Crippen LogP contribution in [-0.4, -0.2) is 27.2 Å². The molecule has 0 atom stereocenters. The number of methoxy groups -OCH3 is 1. The maximum absolute atomic E-state index is 13.6. The molecule has 0 fully saturated rings. The fourth-order valence-corrected chi connectivity index (χ4v) is 5.20. The van der Waals surface area contributed by atoms with Crippen LogP contribution in [0.1, 0.15) is 0 Å². The molecule has 0 saturated heterocycles. The molecule has 0 aliphatic heterocycles. The summed E-state index contributed by atoms with van der Waals surface area (Å²) in [5.74, 6) is -0.606. The normalized spacial score (nSPS) is 11.2. The number of carbonyl (C=O) groups excluding carboxylic acids is 1. The Morgan fingerprint density at radius 3 is 2.64 bits per heavy atom. The average Bonchev–Trinajstić information content (AvgIpc) is 3.27. The second kappa shape index (κ2) is 8.31. The fraction of sp³-hybridized carbons (Fsp3) is 0.0833. The number of ether oxygens (including phenoxy) is 1. The Morgan fingerprint density at radius 1 is 1.09 bits per heavy atom. The maximum atomic E-state index is 13.6. The molecule has 5 aromatic rings. The van der Waals surface area contributed by atoms with Crippen LogP contribution in [0.2, 0.25) is 5.02 Å². The summed E-state index contributed by atoms with van der Waals surface area (Å²) in [6, 6.07) is 16.3. The molecule has 0 amide bonds. The zero-order valence-electron chi connectivity index (χ0n) is 17.3. The Hall–Kier alpha value is -3.75. The van der Waals surface area contributed by atoms with Crippen molar-refractivity contribution in [2.75, 3.05) is 7.11 Å². The van der Waals surface area contributed by atoms with Gasteiger partial charge in [-0.1, -0.05) is 54.1 Å². The number of nitrogens with zero attached hydrogens (tertiary/aromatic N) is 3. The minimum atomic E-state index is -0.653. The van der Waals surface area contributed by atoms with Crippen LogP contribution in [-0.2, 0) is 16.1 Å². The second-order valence-corrected chi connectivity index (χ2v) is 8.73. The summed E-state index contributed by atoms with van der Waals surface area (Å²) in [5.41, 5.74) is 0.281. The molecule has 0 spiro atoms. The smallest absolute Gasteiger partial charge is 0.336 e. The zero-order chi connectivity index (χ0) is 23.1. The van der Waals surface area contributed by atoms with Crippen LogP contribution in [0.3, 0.4) is 0 Å². The third kappa shape index (κ3) is 3.53. The minimum absolute atomic E-state index is 0.321. The molecule has 0 aliphatic carbocycles. The first-order valence-corrected chi connectivity index (χ1v) is 11.1. The van der Waals surface area contributed by atoms with Crippen LogP contribution in [0.15, 0.2) is 76.6 Å². The second-order valence-electron chi connectivity index (χ2n) is 7.27. The van der Waals surface area contributed by atoms with Gasteiger partial charge in [-0.25, -0.2) is 9.36 Å². The number of pyridine rings is 1. The molecule has 5 rings (SSSR count). The van der Waals surface area contributed by atoms with Gasteiger partial charge < -0.3 is 4.74 Å². The summed E-state index contributed by atoms with van der Waals surface area (Å²) in [5, 5.41) is 1.99. The molecule has 3 aromatic heterocycles. The van der Waals surface area contributed by atoms with Gasteiger partial charge in [-0.05, 0) is 12.1 Å². The largest absolute Gasteiger partial charge is 0.468 e. The van der Waals surface area contributed by atoms with Crippen LogP contribution < -0.4 is 11.2 Å². The van der Waals surface area contributed by atoms with E-state index in [2.05, 4.69) is 4.98 Å². The topological polar surface area (TPSA) is 83.2 Å². The van der Waals surface area contributed by atoms with Gasteiger partial charge in [-0.15, -0.1) is 11.3 Å². The van der Waals surface area contributed by atoms with E-state index in [4.69, 9.17) is 16.3 Å². The van der Waals surface area contributed by atoms with E-state index in [-0.39, 0.29) is 6.54 Å². The summed E-state index contributed by atoms with van der Waals surface area (Å²) in [6.07, 6.45) is 3.14. The first-order valence-electron chi connectivity index (χ1n) is 9.94. The number of aromatic nitrogens is 3. The van der Waals surface area contributed by atoms with Crippen molar-refractivity contribution >= 4 is 49.9 Å². The molecular weight excluding hydrogens is 462 g/mol. The number of esters is 1. The summed E-state index contributed by atoms with van der Waals surface area (Å²) >= 11 is 7.58. The number of rotatable bonds is 4. The molecule has 7 nitrogen and oxygen atoms in total. The fourth-order valence-electron chi connectivity index (χ4n) is 3.78. The number of thiophene rings is 1. The SMILES string of the molecule is COC(=O)Cn1c(=O)n(-c2cncc3ccccc23)c(=O)c2sc(-c3ccccc3Cl)cc21. The third-order valence-corrected chi connectivity index (χ3v) is 6.84. The maximum Gasteiger partial charge on any atom is 0.336 e. The molecule has 2 aromatic carbocycles. The highest BCUT2D eigenvalue weighted by atomic mass is 35.5. The molecule has 0 radical (unpaired) electrons. The van der Waals surface area contributed by atoms with Crippen molar-refractivity contribution in [2.24, 2.45) is 0 Å². The van der Waals surface area contributed by atoms with E-state index < -0.39 is 17.2 Å². The first-order chi connectivity index (χ1) is 16.0. The molecule has 0 saturated carbocycles. The lowest BCUT2D eigenvalue weighted by Crippen LogP contribution is -2.39. The van der Waals surface area contributed by atoms with Crippen molar-refractivity contribution in [3.63, 3.8) is 0 Å². The Kier molecular flexibility index (Phi) is 5.32. The van der Waals surface area contributed by atoms with Crippen molar-refractivity contribution in [3.05, 3.63) is 92.9 Å². The van der Waals surface area contributed by atoms with Gasteiger partial charge in [-0.2, -0.15) is 0 Å². The number of benzene rings is 2. The van der Waals surface area contributed by atoms with Crippen molar-refractivity contribution in [1.29, 1.82) is 0 Å².